The van der Waals surface area contributed by atoms with E-state index in [0.717, 1.165) is 33.7 Å². The highest BCUT2D eigenvalue weighted by atomic mass is 32.2. The second kappa shape index (κ2) is 8.27. The summed E-state index contributed by atoms with van der Waals surface area (Å²) in [7, 11) is 1.66. The van der Waals surface area contributed by atoms with Crippen molar-refractivity contribution in [3.05, 3.63) is 84.2 Å². The van der Waals surface area contributed by atoms with Crippen molar-refractivity contribution >= 4 is 11.8 Å². The highest BCUT2D eigenvalue weighted by Gasteiger charge is 2.16. The van der Waals surface area contributed by atoms with Crippen molar-refractivity contribution in [1.29, 1.82) is 0 Å². The highest BCUT2D eigenvalue weighted by Crippen LogP contribution is 2.30. The lowest BCUT2D eigenvalue weighted by Crippen LogP contribution is -2.00. The van der Waals surface area contributed by atoms with Gasteiger partial charge in [-0.15, -0.1) is 10.2 Å². The van der Waals surface area contributed by atoms with Gasteiger partial charge in [-0.05, 0) is 48.9 Å². The van der Waals surface area contributed by atoms with Crippen molar-refractivity contribution in [2.24, 2.45) is 0 Å². The SMILES string of the molecule is COc1ccc(-n2c(SCc3cccc(C)c3)nnc2-c2cccnc2)cc1. The number of rotatable bonds is 6. The van der Waals surface area contributed by atoms with Crippen molar-refractivity contribution in [3.8, 4) is 22.8 Å². The topological polar surface area (TPSA) is 52.8 Å². The minimum absolute atomic E-state index is 0.769. The number of benzene rings is 2. The highest BCUT2D eigenvalue weighted by molar-refractivity contribution is 7.98. The van der Waals surface area contributed by atoms with Crippen LogP contribution in [-0.4, -0.2) is 26.9 Å². The van der Waals surface area contributed by atoms with Gasteiger partial charge < -0.3 is 4.74 Å². The molecule has 0 radical (unpaired) electrons. The molecule has 0 fully saturated rings. The molecule has 28 heavy (non-hydrogen) atoms. The third kappa shape index (κ3) is 3.92. The number of hydrogen-bond acceptors (Lipinski definition) is 5. The summed E-state index contributed by atoms with van der Waals surface area (Å²) in [6, 6.07) is 20.3. The summed E-state index contributed by atoms with van der Waals surface area (Å²) in [6.45, 7) is 2.11. The van der Waals surface area contributed by atoms with Crippen LogP contribution in [0, 0.1) is 6.92 Å². The first-order chi connectivity index (χ1) is 13.7. The van der Waals surface area contributed by atoms with Gasteiger partial charge in [0, 0.05) is 29.4 Å². The van der Waals surface area contributed by atoms with Gasteiger partial charge in [-0.25, -0.2) is 0 Å². The fourth-order valence-electron chi connectivity index (χ4n) is 2.96. The van der Waals surface area contributed by atoms with E-state index in [1.165, 1.54) is 11.1 Å². The maximum absolute atomic E-state index is 5.29. The molecule has 0 aliphatic carbocycles. The number of aryl methyl sites for hydroxylation is 1. The Bertz CT molecular complexity index is 1060. The summed E-state index contributed by atoms with van der Waals surface area (Å²) in [5, 5.41) is 9.76. The van der Waals surface area contributed by atoms with Gasteiger partial charge in [0.05, 0.1) is 7.11 Å². The van der Waals surface area contributed by atoms with Crippen molar-refractivity contribution in [2.75, 3.05) is 7.11 Å². The minimum atomic E-state index is 0.769. The zero-order valence-corrected chi connectivity index (χ0v) is 16.6. The normalized spacial score (nSPS) is 10.8. The van der Waals surface area contributed by atoms with Gasteiger partial charge in [0.1, 0.15) is 5.75 Å². The van der Waals surface area contributed by atoms with Crippen molar-refractivity contribution in [1.82, 2.24) is 19.7 Å². The van der Waals surface area contributed by atoms with E-state index in [-0.39, 0.29) is 0 Å². The Morgan fingerprint density at radius 3 is 2.57 bits per heavy atom. The van der Waals surface area contributed by atoms with E-state index in [2.05, 4.69) is 50.9 Å². The van der Waals surface area contributed by atoms with E-state index in [4.69, 9.17) is 4.74 Å². The molecule has 0 saturated heterocycles. The van der Waals surface area contributed by atoms with Crippen LogP contribution in [0.1, 0.15) is 11.1 Å². The van der Waals surface area contributed by atoms with E-state index in [1.54, 1.807) is 31.3 Å². The van der Waals surface area contributed by atoms with Crippen molar-refractivity contribution < 1.29 is 4.74 Å². The molecule has 2 heterocycles. The first kappa shape index (κ1) is 18.3. The lowest BCUT2D eigenvalue weighted by atomic mass is 10.2. The van der Waals surface area contributed by atoms with Crippen LogP contribution in [0.3, 0.4) is 0 Å². The minimum Gasteiger partial charge on any atom is -0.497 e. The molecule has 0 aliphatic rings. The van der Waals surface area contributed by atoms with Gasteiger partial charge >= 0.3 is 0 Å². The molecule has 0 unspecified atom stereocenters. The Morgan fingerprint density at radius 2 is 1.86 bits per heavy atom. The van der Waals surface area contributed by atoms with Crippen LogP contribution in [0.2, 0.25) is 0 Å². The predicted molar refractivity (Wildman–Crippen MR) is 112 cm³/mol. The zero-order chi connectivity index (χ0) is 19.3. The van der Waals surface area contributed by atoms with Crippen LogP contribution in [0.25, 0.3) is 17.1 Å². The van der Waals surface area contributed by atoms with Crippen molar-refractivity contribution in [2.45, 2.75) is 17.8 Å². The Labute approximate surface area is 168 Å². The first-order valence-corrected chi connectivity index (χ1v) is 9.92. The third-order valence-electron chi connectivity index (χ3n) is 4.33. The molecule has 0 bridgehead atoms. The summed E-state index contributed by atoms with van der Waals surface area (Å²) in [6.07, 6.45) is 3.56. The number of methoxy groups -OCH3 is 1. The average Bonchev–Trinajstić information content (AvgIpc) is 3.17. The molecule has 4 aromatic rings. The number of nitrogens with zero attached hydrogens (tertiary/aromatic N) is 4. The van der Waals surface area contributed by atoms with Gasteiger partial charge in [-0.2, -0.15) is 0 Å². The monoisotopic (exact) mass is 388 g/mol. The van der Waals surface area contributed by atoms with Gasteiger partial charge in [0.2, 0.25) is 0 Å². The molecule has 2 aromatic carbocycles. The molecular formula is C22H20N4OS. The molecule has 0 atom stereocenters. The molecule has 4 rings (SSSR count). The van der Waals surface area contributed by atoms with Crippen LogP contribution in [-0.2, 0) is 5.75 Å². The quantitative estimate of drug-likeness (QED) is 0.438. The molecule has 0 amide bonds. The zero-order valence-electron chi connectivity index (χ0n) is 15.7. The molecule has 0 saturated carbocycles. The van der Waals surface area contributed by atoms with E-state index in [1.807, 2.05) is 36.4 Å². The van der Waals surface area contributed by atoms with Crippen molar-refractivity contribution in [3.63, 3.8) is 0 Å². The maximum atomic E-state index is 5.29. The second-order valence-corrected chi connectivity index (χ2v) is 7.30. The summed E-state index contributed by atoms with van der Waals surface area (Å²) in [5.74, 6) is 2.40. The lowest BCUT2D eigenvalue weighted by molar-refractivity contribution is 0.414. The molecule has 2 aromatic heterocycles. The number of aromatic nitrogens is 4. The molecule has 0 aliphatic heterocycles. The first-order valence-electron chi connectivity index (χ1n) is 8.93. The summed E-state index contributed by atoms with van der Waals surface area (Å²) in [5.41, 5.74) is 4.42. The van der Waals surface area contributed by atoms with Crippen LogP contribution in [0.5, 0.6) is 5.75 Å². The van der Waals surface area contributed by atoms with Crippen LogP contribution >= 0.6 is 11.8 Å². The number of thioether (sulfide) groups is 1. The largest absolute Gasteiger partial charge is 0.497 e. The van der Waals surface area contributed by atoms with Gasteiger partial charge in [-0.1, -0.05) is 41.6 Å². The standard InChI is InChI=1S/C22H20N4OS/c1-16-5-3-6-17(13-16)15-28-22-25-24-21(18-7-4-12-23-14-18)26(22)19-8-10-20(27-2)11-9-19/h3-14H,15H2,1-2H3. The molecule has 0 spiro atoms. The van der Waals surface area contributed by atoms with Gasteiger partial charge in [-0.3, -0.25) is 9.55 Å². The van der Waals surface area contributed by atoms with Crippen LogP contribution < -0.4 is 4.74 Å². The van der Waals surface area contributed by atoms with E-state index in [0.29, 0.717) is 0 Å². The van der Waals surface area contributed by atoms with Gasteiger partial charge in [0.25, 0.3) is 0 Å². The van der Waals surface area contributed by atoms with E-state index >= 15 is 0 Å². The Morgan fingerprint density at radius 1 is 1.00 bits per heavy atom. The molecule has 140 valence electrons. The molecule has 6 heteroatoms. The lowest BCUT2D eigenvalue weighted by Gasteiger charge is -2.11. The summed E-state index contributed by atoms with van der Waals surface area (Å²) >= 11 is 1.67. The number of ether oxygens (including phenoxy) is 1. The predicted octanol–water partition coefficient (Wildman–Crippen LogP) is 4.94. The van der Waals surface area contributed by atoms with E-state index < -0.39 is 0 Å². The summed E-state index contributed by atoms with van der Waals surface area (Å²) < 4.78 is 7.36. The average molecular weight is 388 g/mol. The maximum Gasteiger partial charge on any atom is 0.196 e. The summed E-state index contributed by atoms with van der Waals surface area (Å²) in [4.78, 5) is 4.23. The Hall–Kier alpha value is -3.12. The smallest absolute Gasteiger partial charge is 0.196 e. The Balaban J connectivity index is 1.72. The Kier molecular flexibility index (Phi) is 5.39. The van der Waals surface area contributed by atoms with Crippen LogP contribution in [0.15, 0.2) is 78.2 Å². The number of hydrogen-bond donors (Lipinski definition) is 0. The third-order valence-corrected chi connectivity index (χ3v) is 5.33. The fourth-order valence-corrected chi connectivity index (χ4v) is 3.85. The molecule has 5 nitrogen and oxygen atoms in total. The second-order valence-electron chi connectivity index (χ2n) is 6.36. The fraction of sp³-hybridized carbons (Fsp3) is 0.136. The molecular weight excluding hydrogens is 368 g/mol. The van der Waals surface area contributed by atoms with Gasteiger partial charge in [0.15, 0.2) is 11.0 Å². The van der Waals surface area contributed by atoms with E-state index in [9.17, 15) is 0 Å². The molecule has 0 N–H and O–H groups in total. The van der Waals surface area contributed by atoms with Crippen LogP contribution in [0.4, 0.5) is 0 Å². The number of pyridine rings is 1.